The zero-order chi connectivity index (χ0) is 21.7. The van der Waals surface area contributed by atoms with Gasteiger partial charge in [0.2, 0.25) is 0 Å². The SMILES string of the molecule is CCc1ccc(-c2nc(C)c(C(=O)NNC(=O)C(C)Oc3ccccc3F)s2)cc1. The molecule has 1 heterocycles. The second-order valence-corrected chi connectivity index (χ2v) is 7.62. The summed E-state index contributed by atoms with van der Waals surface area (Å²) < 4.78 is 18.9. The van der Waals surface area contributed by atoms with Gasteiger partial charge in [0, 0.05) is 5.56 Å². The molecule has 1 atom stereocenters. The normalized spacial score (nSPS) is 11.6. The van der Waals surface area contributed by atoms with Gasteiger partial charge in [0.15, 0.2) is 17.7 Å². The lowest BCUT2D eigenvalue weighted by atomic mass is 10.1. The molecule has 2 aromatic carbocycles. The number of nitrogens with one attached hydrogen (secondary N) is 2. The van der Waals surface area contributed by atoms with Crippen LogP contribution in [0, 0.1) is 12.7 Å². The van der Waals surface area contributed by atoms with Crippen LogP contribution < -0.4 is 15.6 Å². The lowest BCUT2D eigenvalue weighted by Crippen LogP contribution is -2.47. The molecule has 0 spiro atoms. The Labute approximate surface area is 178 Å². The smallest absolute Gasteiger partial charge is 0.281 e. The molecule has 0 radical (unpaired) electrons. The summed E-state index contributed by atoms with van der Waals surface area (Å²) in [5.74, 6) is -1.69. The van der Waals surface area contributed by atoms with Crippen molar-refractivity contribution in [3.8, 4) is 16.3 Å². The van der Waals surface area contributed by atoms with Gasteiger partial charge < -0.3 is 4.74 Å². The number of halogens is 1. The van der Waals surface area contributed by atoms with E-state index >= 15 is 0 Å². The van der Waals surface area contributed by atoms with Crippen LogP contribution >= 0.6 is 11.3 Å². The van der Waals surface area contributed by atoms with Crippen LogP contribution in [0.4, 0.5) is 4.39 Å². The summed E-state index contributed by atoms with van der Waals surface area (Å²) in [5.41, 5.74) is 7.38. The Morgan fingerprint density at radius 1 is 1.13 bits per heavy atom. The number of amides is 2. The quantitative estimate of drug-likeness (QED) is 0.582. The summed E-state index contributed by atoms with van der Waals surface area (Å²) in [6, 6.07) is 13.8. The molecule has 0 saturated carbocycles. The minimum Gasteiger partial charge on any atom is -0.478 e. The van der Waals surface area contributed by atoms with E-state index in [1.165, 1.54) is 42.0 Å². The van der Waals surface area contributed by atoms with E-state index in [9.17, 15) is 14.0 Å². The topological polar surface area (TPSA) is 80.3 Å². The molecule has 1 aromatic heterocycles. The van der Waals surface area contributed by atoms with Gasteiger partial charge in [0.05, 0.1) is 5.69 Å². The highest BCUT2D eigenvalue weighted by Crippen LogP contribution is 2.28. The maximum Gasteiger partial charge on any atom is 0.281 e. The predicted octanol–water partition coefficient (Wildman–Crippen LogP) is 4.05. The Morgan fingerprint density at radius 2 is 1.83 bits per heavy atom. The van der Waals surface area contributed by atoms with Crippen LogP contribution in [0.5, 0.6) is 5.75 Å². The van der Waals surface area contributed by atoms with Gasteiger partial charge in [-0.2, -0.15) is 0 Å². The third kappa shape index (κ3) is 5.01. The van der Waals surface area contributed by atoms with Crippen molar-refractivity contribution in [2.24, 2.45) is 0 Å². The van der Waals surface area contributed by atoms with E-state index in [0.717, 1.165) is 17.0 Å². The van der Waals surface area contributed by atoms with E-state index in [0.29, 0.717) is 10.6 Å². The standard InChI is InChI=1S/C22H22FN3O3S/c1-4-15-9-11-16(12-10-15)22-24-13(2)19(30-22)21(28)26-25-20(27)14(3)29-18-8-6-5-7-17(18)23/h5-12,14H,4H2,1-3H3,(H,25,27)(H,26,28). The maximum atomic E-state index is 13.6. The van der Waals surface area contributed by atoms with E-state index in [-0.39, 0.29) is 5.75 Å². The van der Waals surface area contributed by atoms with Crippen molar-refractivity contribution in [2.45, 2.75) is 33.3 Å². The average Bonchev–Trinajstić information content (AvgIpc) is 3.15. The Bertz CT molecular complexity index is 1050. The van der Waals surface area contributed by atoms with Crippen LogP contribution in [-0.4, -0.2) is 22.9 Å². The second-order valence-electron chi connectivity index (χ2n) is 6.62. The number of hydrazine groups is 1. The molecule has 30 heavy (non-hydrogen) atoms. The van der Waals surface area contributed by atoms with Crippen LogP contribution in [0.15, 0.2) is 48.5 Å². The van der Waals surface area contributed by atoms with Crippen molar-refractivity contribution in [1.29, 1.82) is 0 Å². The lowest BCUT2D eigenvalue weighted by molar-refractivity contribution is -0.128. The number of thiazole rings is 1. The Hall–Kier alpha value is -3.26. The third-order valence-corrected chi connectivity index (χ3v) is 5.63. The first kappa shape index (κ1) is 21.4. The number of nitrogens with zero attached hydrogens (tertiary/aromatic N) is 1. The summed E-state index contributed by atoms with van der Waals surface area (Å²) in [7, 11) is 0. The Kier molecular flexibility index (Phi) is 6.79. The fraction of sp³-hybridized carbons (Fsp3) is 0.227. The average molecular weight is 428 g/mol. The van der Waals surface area contributed by atoms with Gasteiger partial charge in [-0.15, -0.1) is 11.3 Å². The van der Waals surface area contributed by atoms with Crippen molar-refractivity contribution in [3.63, 3.8) is 0 Å². The molecule has 0 fully saturated rings. The van der Waals surface area contributed by atoms with Crippen LogP contribution in [0.2, 0.25) is 0 Å². The van der Waals surface area contributed by atoms with Gasteiger partial charge in [0.25, 0.3) is 11.8 Å². The summed E-state index contributed by atoms with van der Waals surface area (Å²) in [4.78, 5) is 29.5. The number of benzene rings is 2. The summed E-state index contributed by atoms with van der Waals surface area (Å²) >= 11 is 1.24. The van der Waals surface area contributed by atoms with E-state index < -0.39 is 23.7 Å². The van der Waals surface area contributed by atoms with Crippen molar-refractivity contribution in [1.82, 2.24) is 15.8 Å². The van der Waals surface area contributed by atoms with Gasteiger partial charge in [-0.25, -0.2) is 9.37 Å². The van der Waals surface area contributed by atoms with Gasteiger partial charge >= 0.3 is 0 Å². The van der Waals surface area contributed by atoms with E-state index in [4.69, 9.17) is 4.74 Å². The number of rotatable bonds is 6. The first-order chi connectivity index (χ1) is 14.4. The molecule has 1 unspecified atom stereocenters. The first-order valence-corrected chi connectivity index (χ1v) is 10.3. The number of carbonyl (C=O) groups excluding carboxylic acids is 2. The number of hydrogen-bond donors (Lipinski definition) is 2. The minimum absolute atomic E-state index is 0.0384. The van der Waals surface area contributed by atoms with Crippen molar-refractivity contribution >= 4 is 23.2 Å². The van der Waals surface area contributed by atoms with E-state index in [1.54, 1.807) is 13.0 Å². The molecule has 0 aliphatic carbocycles. The molecule has 2 amide bonds. The number of aromatic nitrogens is 1. The number of hydrogen-bond acceptors (Lipinski definition) is 5. The van der Waals surface area contributed by atoms with Crippen LogP contribution in [0.1, 0.15) is 34.8 Å². The van der Waals surface area contributed by atoms with Gasteiger partial charge in [-0.1, -0.05) is 43.3 Å². The molecule has 3 rings (SSSR count). The van der Waals surface area contributed by atoms with E-state index in [1.807, 2.05) is 24.3 Å². The first-order valence-electron chi connectivity index (χ1n) is 9.47. The molecule has 156 valence electrons. The van der Waals surface area contributed by atoms with Crippen LogP contribution in [-0.2, 0) is 11.2 Å². The fourth-order valence-electron chi connectivity index (χ4n) is 2.67. The zero-order valence-corrected chi connectivity index (χ0v) is 17.7. The van der Waals surface area contributed by atoms with Gasteiger partial charge in [0.1, 0.15) is 9.88 Å². The molecular formula is C22H22FN3O3S. The minimum atomic E-state index is -1.00. The molecule has 6 nitrogen and oxygen atoms in total. The highest BCUT2D eigenvalue weighted by atomic mass is 32.1. The highest BCUT2D eigenvalue weighted by Gasteiger charge is 2.20. The zero-order valence-electron chi connectivity index (χ0n) is 16.9. The van der Waals surface area contributed by atoms with Gasteiger partial charge in [-0.05, 0) is 38.0 Å². The molecule has 0 aliphatic rings. The molecule has 0 aliphatic heterocycles. The number of para-hydroxylation sites is 1. The summed E-state index contributed by atoms with van der Waals surface area (Å²) in [6.45, 7) is 5.28. The predicted molar refractivity (Wildman–Crippen MR) is 114 cm³/mol. The Balaban J connectivity index is 1.61. The number of carbonyl (C=O) groups is 2. The molecule has 0 saturated heterocycles. The summed E-state index contributed by atoms with van der Waals surface area (Å²) in [5, 5.41) is 0.725. The van der Waals surface area contributed by atoms with Crippen molar-refractivity contribution < 1.29 is 18.7 Å². The molecule has 2 N–H and O–H groups in total. The number of aryl methyl sites for hydroxylation is 2. The maximum absolute atomic E-state index is 13.6. The molecule has 8 heteroatoms. The number of ether oxygens (including phenoxy) is 1. The van der Waals surface area contributed by atoms with Crippen LogP contribution in [0.25, 0.3) is 10.6 Å². The molecule has 3 aromatic rings. The van der Waals surface area contributed by atoms with Crippen molar-refractivity contribution in [2.75, 3.05) is 0 Å². The second kappa shape index (κ2) is 9.49. The highest BCUT2D eigenvalue weighted by molar-refractivity contribution is 7.17. The molecule has 0 bridgehead atoms. The van der Waals surface area contributed by atoms with Crippen molar-refractivity contribution in [3.05, 3.63) is 70.5 Å². The third-order valence-electron chi connectivity index (χ3n) is 4.42. The summed E-state index contributed by atoms with van der Waals surface area (Å²) in [6.07, 6.45) is -0.0544. The fourth-order valence-corrected chi connectivity index (χ4v) is 3.64. The monoisotopic (exact) mass is 427 g/mol. The van der Waals surface area contributed by atoms with Gasteiger partial charge in [-0.3, -0.25) is 20.4 Å². The van der Waals surface area contributed by atoms with E-state index in [2.05, 4.69) is 22.8 Å². The molecular weight excluding hydrogens is 405 g/mol. The lowest BCUT2D eigenvalue weighted by Gasteiger charge is -2.15. The largest absolute Gasteiger partial charge is 0.478 e. The van der Waals surface area contributed by atoms with Crippen LogP contribution in [0.3, 0.4) is 0 Å². The Morgan fingerprint density at radius 3 is 2.50 bits per heavy atom.